The molecule has 7 atom stereocenters. The predicted molar refractivity (Wildman–Crippen MR) is 454 cm³/mol. The molecule has 6 fully saturated rings. The van der Waals surface area contributed by atoms with Crippen LogP contribution in [-0.4, -0.2) is 218 Å². The van der Waals surface area contributed by atoms with Gasteiger partial charge in [0.05, 0.1) is 47.7 Å². The highest BCUT2D eigenvalue weighted by Gasteiger charge is 2.44. The van der Waals surface area contributed by atoms with Gasteiger partial charge in [-0.1, -0.05) is 87.8 Å². The number of amides is 1. The zero-order chi connectivity index (χ0) is 86.2. The number of hydrogen-bond donors (Lipinski definition) is 3. The first kappa shape index (κ1) is 90.4. The standard InChI is InChI=1S/C27H34Cl2F3N7O2S.C27H32Cl2F3N7O.C25H30Cl2N8O2S/c1-16(2)42(40,41)34-8-10-37-9-4-5-18(13-37)19-14-38(15-19)23-12-33-24-25(27(30,31)32)36-39(26(24)35-23)17(3)21-7-6-20(28)11-22(21)29;1-15(34-17(3)40)11-37-8-4-5-18(12-37)19-13-38(14-19)23-10-33-24-25(27(30,31)32)36-39(26(24)35-23)16(2)21-7-6-20(28)9-22(21)29;1-16(20-6-5-19(26)10-21(20)27)35-25-24(22(11-28)32-35)30-12-23(31-25)34-14-18(15-34)17-4-2-7-33(13-17)8-3-9-38(29,36)37/h6-7,11-12,16-19,34H,4-5,8-10,13-15H2,1-3H3;6-7,9-10,15-16,18-19H,4-5,8,11-14H2,1-3H3,(H,34,40);5-6,10,12,16-18H,2-4,7-9,13-15H2,1H3,(H2,29,36,37). The van der Waals surface area contributed by atoms with Crippen molar-refractivity contribution in [2.75, 3.05) is 125 Å². The van der Waals surface area contributed by atoms with Crippen LogP contribution in [0.1, 0.15) is 145 Å². The van der Waals surface area contributed by atoms with Crippen LogP contribution in [0.5, 0.6) is 0 Å². The molecule has 15 rings (SSSR count). The monoisotopic (exact) mass is 1820 g/mol. The largest absolute Gasteiger partial charge is 0.437 e. The second-order valence-electron chi connectivity index (χ2n) is 32.6. The third kappa shape index (κ3) is 21.2. The van der Waals surface area contributed by atoms with Crippen molar-refractivity contribution in [3.63, 3.8) is 0 Å². The average Bonchev–Trinajstić information content (AvgIpc) is 1.55. The number of rotatable bonds is 24. The van der Waals surface area contributed by atoms with Crippen molar-refractivity contribution in [2.24, 2.45) is 40.6 Å². The van der Waals surface area contributed by atoms with E-state index in [1.807, 2.05) is 24.8 Å². The SMILES string of the molecule is CC(=O)NC(C)CN1CCCC(C2CN(c3cnc4c(C(F)(F)F)nn(C(C)c5ccc(Cl)cc5Cl)c4n3)C2)C1.CC(c1ccc(Cl)cc1Cl)n1nc(C#N)c2ncc(N3CC(C4CCCN(CCCS(N)(=O)=O)C4)C3)nc21.CC(c1ccc(Cl)cc1Cl)n1nc(C(F)(F)F)c2ncc(N3CC(C4CCCN(CCNS(=O)(=O)C(C)C)C4)C3)nc21. The minimum absolute atomic E-state index is 0.0249. The maximum absolute atomic E-state index is 13.9. The zero-order valence-electron chi connectivity index (χ0n) is 67.2. The quantitative estimate of drug-likeness (QED) is 0.0473. The maximum Gasteiger partial charge on any atom is 0.437 e. The Morgan fingerprint density at radius 1 is 0.533 bits per heavy atom. The molecule has 12 heterocycles. The Labute approximate surface area is 723 Å². The van der Waals surface area contributed by atoms with Gasteiger partial charge in [0.15, 0.2) is 34.0 Å². The Bertz CT molecular complexity index is 5470. The summed E-state index contributed by atoms with van der Waals surface area (Å²) in [5.41, 5.74) is 0.532. The fourth-order valence-corrected chi connectivity index (χ4v) is 20.1. The van der Waals surface area contributed by atoms with Gasteiger partial charge in [-0.2, -0.15) is 46.9 Å². The first-order valence-corrected chi connectivity index (χ1v) is 45.6. The first-order chi connectivity index (χ1) is 56.8. The Morgan fingerprint density at radius 3 is 1.27 bits per heavy atom. The molecule has 27 nitrogen and oxygen atoms in total. The van der Waals surface area contributed by atoms with Gasteiger partial charge in [0.2, 0.25) is 26.0 Å². The van der Waals surface area contributed by atoms with Gasteiger partial charge < -0.3 is 34.7 Å². The van der Waals surface area contributed by atoms with Gasteiger partial charge in [0.1, 0.15) is 40.1 Å². The molecule has 0 aliphatic carbocycles. The van der Waals surface area contributed by atoms with Crippen molar-refractivity contribution in [1.82, 2.24) is 84.0 Å². The number of primary sulfonamides is 1. The van der Waals surface area contributed by atoms with Gasteiger partial charge in [-0.15, -0.1) is 0 Å². The lowest BCUT2D eigenvalue weighted by Gasteiger charge is -2.47. The number of anilines is 3. The van der Waals surface area contributed by atoms with E-state index < -0.39 is 61.1 Å². The lowest BCUT2D eigenvalue weighted by molar-refractivity contribution is -0.141. The van der Waals surface area contributed by atoms with Crippen LogP contribution in [0.15, 0.2) is 73.2 Å². The molecule has 6 aliphatic heterocycles. The number of carbonyl (C=O) groups excluding carboxylic acids is 1. The molecule has 6 aromatic heterocycles. The number of nitriles is 1. The Morgan fingerprint density at radius 2 is 0.900 bits per heavy atom. The van der Waals surface area contributed by atoms with E-state index in [0.717, 1.165) is 135 Å². The number of piperidine rings is 3. The van der Waals surface area contributed by atoms with Crippen LogP contribution in [0.4, 0.5) is 43.8 Å². The van der Waals surface area contributed by atoms with E-state index in [2.05, 4.69) is 80.8 Å². The number of nitrogens with zero attached hydrogens (tertiary/aromatic N) is 19. The summed E-state index contributed by atoms with van der Waals surface area (Å²) < 4.78 is 137. The summed E-state index contributed by atoms with van der Waals surface area (Å²) in [4.78, 5) is 51.8. The Kier molecular flexibility index (Phi) is 28.4. The van der Waals surface area contributed by atoms with Crippen molar-refractivity contribution < 1.29 is 48.0 Å². The molecule has 1 amide bonds. The van der Waals surface area contributed by atoms with Crippen LogP contribution >= 0.6 is 69.6 Å². The first-order valence-electron chi connectivity index (χ1n) is 40.1. The number of alkyl halides is 6. The fraction of sp³-hybridized carbons (Fsp3) is 0.557. The van der Waals surface area contributed by atoms with Crippen LogP contribution in [-0.2, 0) is 37.2 Å². The van der Waals surface area contributed by atoms with E-state index in [4.69, 9.17) is 79.7 Å². The molecular formula is C79H96Cl6F6N22O5S2. The van der Waals surface area contributed by atoms with Crippen LogP contribution in [0, 0.1) is 46.8 Å². The average molecular weight is 1820 g/mol. The Balaban J connectivity index is 0.000000156. The molecular weight excluding hydrogens is 1730 g/mol. The highest BCUT2D eigenvalue weighted by Crippen LogP contribution is 2.43. The van der Waals surface area contributed by atoms with Gasteiger partial charge >= 0.3 is 12.4 Å². The number of nitrogens with two attached hydrogens (primary N) is 1. The van der Waals surface area contributed by atoms with E-state index >= 15 is 0 Å². The smallest absolute Gasteiger partial charge is 0.355 e. The van der Waals surface area contributed by atoms with Crippen molar-refractivity contribution in [1.29, 1.82) is 5.26 Å². The third-order valence-electron chi connectivity index (χ3n) is 23.7. The summed E-state index contributed by atoms with van der Waals surface area (Å²) in [7, 11) is -6.70. The fourth-order valence-electron chi connectivity index (χ4n) is 17.1. The van der Waals surface area contributed by atoms with Crippen LogP contribution < -0.4 is 29.9 Å². The summed E-state index contributed by atoms with van der Waals surface area (Å²) in [6.45, 7) is 25.3. The highest BCUT2D eigenvalue weighted by molar-refractivity contribution is 7.90. The van der Waals surface area contributed by atoms with E-state index in [9.17, 15) is 53.2 Å². The minimum Gasteiger partial charge on any atom is -0.355 e. The van der Waals surface area contributed by atoms with Gasteiger partial charge in [-0.05, 0) is 201 Å². The van der Waals surface area contributed by atoms with Crippen molar-refractivity contribution >= 4 is 147 Å². The second kappa shape index (κ2) is 37.6. The van der Waals surface area contributed by atoms with E-state index in [1.54, 1.807) is 87.1 Å². The van der Waals surface area contributed by atoms with Gasteiger partial charge in [0.25, 0.3) is 0 Å². The molecule has 6 aliphatic rings. The number of likely N-dealkylation sites (tertiary alicyclic amines) is 3. The molecule has 0 bridgehead atoms. The zero-order valence-corrected chi connectivity index (χ0v) is 73.4. The topological polar surface area (TPSA) is 309 Å². The number of fused-ring (bicyclic) bond motifs is 3. The van der Waals surface area contributed by atoms with Crippen molar-refractivity contribution in [3.05, 3.63) is 137 Å². The summed E-state index contributed by atoms with van der Waals surface area (Å²) >= 11 is 37.3. The highest BCUT2D eigenvalue weighted by atomic mass is 35.5. The molecule has 4 N–H and O–H groups in total. The number of carbonyl (C=O) groups is 1. The number of sulfonamides is 2. The van der Waals surface area contributed by atoms with Crippen LogP contribution in [0.25, 0.3) is 33.5 Å². The predicted octanol–water partition coefficient (Wildman–Crippen LogP) is 14.1. The van der Waals surface area contributed by atoms with Crippen LogP contribution in [0.3, 0.4) is 0 Å². The molecule has 0 saturated carbocycles. The molecule has 9 aromatic rings. The number of hydrogen-bond acceptors (Lipinski definition) is 21. The number of benzene rings is 3. The lowest BCUT2D eigenvalue weighted by Crippen LogP contribution is -2.54. The van der Waals surface area contributed by atoms with E-state index in [1.165, 1.54) is 35.1 Å². The summed E-state index contributed by atoms with van der Waals surface area (Å²) in [6.07, 6.45) is 2.32. The van der Waals surface area contributed by atoms with Crippen molar-refractivity contribution in [3.8, 4) is 6.07 Å². The molecule has 41 heteroatoms. The molecule has 3 aromatic carbocycles. The van der Waals surface area contributed by atoms with Crippen LogP contribution in [0.2, 0.25) is 30.1 Å². The molecule has 648 valence electrons. The lowest BCUT2D eigenvalue weighted by atomic mass is 9.80. The van der Waals surface area contributed by atoms with Gasteiger partial charge in [0, 0.05) is 122 Å². The molecule has 0 spiro atoms. The van der Waals surface area contributed by atoms with E-state index in [0.29, 0.717) is 119 Å². The summed E-state index contributed by atoms with van der Waals surface area (Å²) in [5, 5.41) is 32.1. The van der Waals surface area contributed by atoms with E-state index in [-0.39, 0.29) is 51.8 Å². The Hall–Kier alpha value is -7.31. The van der Waals surface area contributed by atoms with Crippen molar-refractivity contribution in [2.45, 2.75) is 135 Å². The minimum atomic E-state index is -4.70. The number of nitrogens with one attached hydrogen (secondary N) is 2. The number of halogens is 12. The molecule has 120 heavy (non-hydrogen) atoms. The van der Waals surface area contributed by atoms with Gasteiger partial charge in [-0.25, -0.2) is 70.6 Å². The number of aromatic nitrogens is 12. The third-order valence-corrected chi connectivity index (χ3v) is 28.1. The normalized spacial score (nSPS) is 20.1. The summed E-state index contributed by atoms with van der Waals surface area (Å²) in [5.74, 6) is 4.71. The molecule has 6 saturated heterocycles. The summed E-state index contributed by atoms with van der Waals surface area (Å²) in [6, 6.07) is 15.7. The second-order valence-corrected chi connectivity index (χ2v) is 39.2. The molecule has 0 radical (unpaired) electrons. The molecule has 7 unspecified atom stereocenters. The maximum atomic E-state index is 13.9. The van der Waals surface area contributed by atoms with Gasteiger partial charge in [-0.3, -0.25) is 4.79 Å².